The van der Waals surface area contributed by atoms with E-state index in [9.17, 15) is 8.78 Å². The second kappa shape index (κ2) is 4.00. The fourth-order valence-corrected chi connectivity index (χ4v) is 1.48. The molecule has 0 radical (unpaired) electrons. The molecule has 2 heterocycles. The lowest BCUT2D eigenvalue weighted by atomic mass is 10.1. The zero-order chi connectivity index (χ0) is 11.7. The molecule has 0 aliphatic heterocycles. The van der Waals surface area contributed by atoms with Crippen molar-refractivity contribution in [2.75, 3.05) is 0 Å². The Bertz CT molecular complexity index is 488. The summed E-state index contributed by atoms with van der Waals surface area (Å²) in [5, 5.41) is 4.09. The number of aryl methyl sites for hydroxylation is 1. The van der Waals surface area contributed by atoms with E-state index in [4.69, 9.17) is 0 Å². The van der Waals surface area contributed by atoms with Crippen molar-refractivity contribution < 1.29 is 8.78 Å². The fourth-order valence-electron chi connectivity index (χ4n) is 1.48. The normalized spacial score (nSPS) is 11.1. The maximum absolute atomic E-state index is 12.3. The molecule has 0 aromatic carbocycles. The van der Waals surface area contributed by atoms with Gasteiger partial charge in [0.25, 0.3) is 6.43 Å². The van der Waals surface area contributed by atoms with E-state index >= 15 is 0 Å². The van der Waals surface area contributed by atoms with Crippen LogP contribution in [0.4, 0.5) is 8.78 Å². The van der Waals surface area contributed by atoms with Gasteiger partial charge in [0.05, 0.1) is 6.20 Å². The molecule has 0 spiro atoms. The van der Waals surface area contributed by atoms with Crippen LogP contribution in [0.2, 0.25) is 0 Å². The molecule has 0 N–H and O–H groups in total. The molecule has 0 bridgehead atoms. The lowest BCUT2D eigenvalue weighted by Crippen LogP contribution is -1.93. The number of halogens is 2. The Morgan fingerprint density at radius 3 is 2.44 bits per heavy atom. The Balaban J connectivity index is 2.38. The van der Waals surface area contributed by atoms with Crippen LogP contribution in [0.15, 0.2) is 24.5 Å². The first-order valence-electron chi connectivity index (χ1n) is 4.82. The SMILES string of the molecule is Cc1c(-c2ccc(C(F)F)nc2)cnn1C. The lowest BCUT2D eigenvalue weighted by molar-refractivity contribution is 0.146. The highest BCUT2D eigenvalue weighted by Crippen LogP contribution is 2.24. The third-order valence-corrected chi connectivity index (χ3v) is 2.56. The molecule has 2 aromatic heterocycles. The second-order valence-electron chi connectivity index (χ2n) is 3.54. The highest BCUT2D eigenvalue weighted by Gasteiger charge is 2.10. The molecule has 16 heavy (non-hydrogen) atoms. The summed E-state index contributed by atoms with van der Waals surface area (Å²) in [6, 6.07) is 2.98. The van der Waals surface area contributed by atoms with Crippen molar-refractivity contribution in [3.05, 3.63) is 35.9 Å². The first-order valence-corrected chi connectivity index (χ1v) is 4.82. The summed E-state index contributed by atoms with van der Waals surface area (Å²) < 4.78 is 26.3. The number of pyridine rings is 1. The number of hydrogen-bond donors (Lipinski definition) is 0. The van der Waals surface area contributed by atoms with E-state index in [1.165, 1.54) is 12.3 Å². The minimum atomic E-state index is -2.52. The first kappa shape index (κ1) is 10.7. The number of aromatic nitrogens is 3. The van der Waals surface area contributed by atoms with Gasteiger partial charge in [0, 0.05) is 30.1 Å². The van der Waals surface area contributed by atoms with Crippen LogP contribution in [0.3, 0.4) is 0 Å². The molecule has 0 saturated heterocycles. The van der Waals surface area contributed by atoms with Crippen LogP contribution in [0.5, 0.6) is 0 Å². The molecular formula is C11H11F2N3. The Hall–Kier alpha value is -1.78. The quantitative estimate of drug-likeness (QED) is 0.783. The minimum absolute atomic E-state index is 0.203. The average molecular weight is 223 g/mol. The van der Waals surface area contributed by atoms with E-state index in [1.54, 1.807) is 16.9 Å². The maximum atomic E-state index is 12.3. The molecule has 0 amide bonds. The third-order valence-electron chi connectivity index (χ3n) is 2.56. The summed E-state index contributed by atoms with van der Waals surface area (Å²) >= 11 is 0. The van der Waals surface area contributed by atoms with Crippen LogP contribution in [-0.2, 0) is 7.05 Å². The Morgan fingerprint density at radius 2 is 2.00 bits per heavy atom. The van der Waals surface area contributed by atoms with Gasteiger partial charge in [0.15, 0.2) is 0 Å². The Kier molecular flexibility index (Phi) is 2.68. The van der Waals surface area contributed by atoms with E-state index in [-0.39, 0.29) is 5.69 Å². The minimum Gasteiger partial charge on any atom is -0.272 e. The van der Waals surface area contributed by atoms with E-state index < -0.39 is 6.43 Å². The molecule has 84 valence electrons. The molecule has 0 aliphatic rings. The van der Waals surface area contributed by atoms with Gasteiger partial charge in [-0.25, -0.2) is 8.78 Å². The van der Waals surface area contributed by atoms with Crippen molar-refractivity contribution in [1.82, 2.24) is 14.8 Å². The van der Waals surface area contributed by atoms with E-state index in [2.05, 4.69) is 10.1 Å². The van der Waals surface area contributed by atoms with Gasteiger partial charge in [0.2, 0.25) is 0 Å². The van der Waals surface area contributed by atoms with Gasteiger partial charge in [-0.15, -0.1) is 0 Å². The van der Waals surface area contributed by atoms with Crippen molar-refractivity contribution in [1.29, 1.82) is 0 Å². The topological polar surface area (TPSA) is 30.7 Å². The van der Waals surface area contributed by atoms with E-state index in [1.807, 2.05) is 14.0 Å². The number of rotatable bonds is 2. The summed E-state index contributed by atoms with van der Waals surface area (Å²) in [6.45, 7) is 1.92. The number of alkyl halides is 2. The molecule has 5 heteroatoms. The van der Waals surface area contributed by atoms with E-state index in [0.717, 1.165) is 16.8 Å². The Labute approximate surface area is 91.7 Å². The second-order valence-corrected chi connectivity index (χ2v) is 3.54. The Morgan fingerprint density at radius 1 is 1.25 bits per heavy atom. The maximum Gasteiger partial charge on any atom is 0.280 e. The van der Waals surface area contributed by atoms with Gasteiger partial charge in [0.1, 0.15) is 5.69 Å². The van der Waals surface area contributed by atoms with Gasteiger partial charge in [-0.3, -0.25) is 9.67 Å². The van der Waals surface area contributed by atoms with Crippen molar-refractivity contribution in [3.63, 3.8) is 0 Å². The molecule has 0 atom stereocenters. The van der Waals surface area contributed by atoms with Crippen LogP contribution in [-0.4, -0.2) is 14.8 Å². The highest BCUT2D eigenvalue weighted by molar-refractivity contribution is 5.64. The average Bonchev–Trinajstić information content (AvgIpc) is 2.60. The predicted molar refractivity (Wildman–Crippen MR) is 56.1 cm³/mol. The van der Waals surface area contributed by atoms with Gasteiger partial charge in [-0.1, -0.05) is 6.07 Å². The summed E-state index contributed by atoms with van der Waals surface area (Å²) in [5.41, 5.74) is 2.49. The largest absolute Gasteiger partial charge is 0.280 e. The molecule has 2 aromatic rings. The molecule has 0 unspecified atom stereocenters. The van der Waals surface area contributed by atoms with Crippen LogP contribution in [0.25, 0.3) is 11.1 Å². The van der Waals surface area contributed by atoms with E-state index in [0.29, 0.717) is 0 Å². The van der Waals surface area contributed by atoms with Crippen LogP contribution in [0.1, 0.15) is 17.8 Å². The molecule has 2 rings (SSSR count). The summed E-state index contributed by atoms with van der Waals surface area (Å²) in [6.07, 6.45) is 0.629. The molecular weight excluding hydrogens is 212 g/mol. The van der Waals surface area contributed by atoms with Crippen LogP contribution in [0, 0.1) is 6.92 Å². The molecule has 0 saturated carbocycles. The van der Waals surface area contributed by atoms with Crippen molar-refractivity contribution in [2.45, 2.75) is 13.3 Å². The lowest BCUT2D eigenvalue weighted by Gasteiger charge is -2.02. The number of hydrogen-bond acceptors (Lipinski definition) is 2. The number of nitrogens with zero attached hydrogens (tertiary/aromatic N) is 3. The smallest absolute Gasteiger partial charge is 0.272 e. The zero-order valence-corrected chi connectivity index (χ0v) is 8.98. The first-order chi connectivity index (χ1) is 7.59. The zero-order valence-electron chi connectivity index (χ0n) is 8.98. The van der Waals surface area contributed by atoms with Crippen molar-refractivity contribution in [2.24, 2.45) is 7.05 Å². The van der Waals surface area contributed by atoms with Crippen LogP contribution >= 0.6 is 0 Å². The van der Waals surface area contributed by atoms with Crippen LogP contribution < -0.4 is 0 Å². The summed E-state index contributed by atoms with van der Waals surface area (Å²) in [5.74, 6) is 0. The third kappa shape index (κ3) is 1.80. The van der Waals surface area contributed by atoms with Gasteiger partial charge in [-0.2, -0.15) is 5.10 Å². The van der Waals surface area contributed by atoms with Crippen molar-refractivity contribution >= 4 is 0 Å². The van der Waals surface area contributed by atoms with Gasteiger partial charge >= 0.3 is 0 Å². The van der Waals surface area contributed by atoms with Crippen molar-refractivity contribution in [3.8, 4) is 11.1 Å². The molecule has 0 aliphatic carbocycles. The molecule has 0 fully saturated rings. The van der Waals surface area contributed by atoms with Gasteiger partial charge < -0.3 is 0 Å². The summed E-state index contributed by atoms with van der Waals surface area (Å²) in [7, 11) is 1.83. The predicted octanol–water partition coefficient (Wildman–Crippen LogP) is 2.73. The fraction of sp³-hybridized carbons (Fsp3) is 0.273. The highest BCUT2D eigenvalue weighted by atomic mass is 19.3. The standard InChI is InChI=1S/C11H11F2N3/c1-7-9(6-15-16(7)2)8-3-4-10(11(12)13)14-5-8/h3-6,11H,1-2H3. The molecule has 3 nitrogen and oxygen atoms in total. The summed E-state index contributed by atoms with van der Waals surface area (Å²) in [4.78, 5) is 3.72. The van der Waals surface area contributed by atoms with Gasteiger partial charge in [-0.05, 0) is 13.0 Å². The monoisotopic (exact) mass is 223 g/mol.